The Balaban J connectivity index is 1.66. The van der Waals surface area contributed by atoms with Gasteiger partial charge in [-0.25, -0.2) is 9.48 Å². The lowest BCUT2D eigenvalue weighted by Gasteiger charge is -2.17. The monoisotopic (exact) mass is 450 g/mol. The molecule has 2 amide bonds. The van der Waals surface area contributed by atoms with Gasteiger partial charge in [0.2, 0.25) is 0 Å². The standard InChI is InChI=1S/C24H26N4O5/c1-15(25-22(30)18-11-7-5-8-12-18)24(32)33-17(3)21(29)26-20-16(2)27(4)28(23(20)31)19-13-9-6-10-14-19/h5-15,17H,1-4H3,(H,25,30)(H,26,29)/t15-,17+/m0/s1. The molecule has 0 aliphatic rings. The summed E-state index contributed by atoms with van der Waals surface area (Å²) < 4.78 is 8.27. The van der Waals surface area contributed by atoms with Crippen molar-refractivity contribution in [1.82, 2.24) is 14.7 Å². The molecule has 2 N–H and O–H groups in total. The van der Waals surface area contributed by atoms with Crippen LogP contribution in [0.1, 0.15) is 29.9 Å². The Hall–Kier alpha value is -4.14. The maximum Gasteiger partial charge on any atom is 0.329 e. The molecular formula is C24H26N4O5. The number of rotatable bonds is 7. The van der Waals surface area contributed by atoms with Gasteiger partial charge in [0.05, 0.1) is 11.4 Å². The number of amides is 2. The van der Waals surface area contributed by atoms with E-state index in [4.69, 9.17) is 4.74 Å². The first-order valence-electron chi connectivity index (χ1n) is 10.4. The van der Waals surface area contributed by atoms with Crippen LogP contribution in [0.4, 0.5) is 5.69 Å². The van der Waals surface area contributed by atoms with Gasteiger partial charge in [0.15, 0.2) is 6.10 Å². The lowest BCUT2D eigenvalue weighted by atomic mass is 10.2. The fourth-order valence-corrected chi connectivity index (χ4v) is 3.20. The normalized spacial score (nSPS) is 12.5. The van der Waals surface area contributed by atoms with Gasteiger partial charge in [-0.15, -0.1) is 0 Å². The summed E-state index contributed by atoms with van der Waals surface area (Å²) in [6.07, 6.45) is -1.18. The van der Waals surface area contributed by atoms with Crippen LogP contribution in [0.5, 0.6) is 0 Å². The largest absolute Gasteiger partial charge is 0.451 e. The molecule has 9 nitrogen and oxygen atoms in total. The zero-order valence-corrected chi connectivity index (χ0v) is 18.9. The second-order valence-electron chi connectivity index (χ2n) is 7.57. The molecule has 172 valence electrons. The van der Waals surface area contributed by atoms with Crippen LogP contribution in [0, 0.1) is 6.92 Å². The predicted molar refractivity (Wildman–Crippen MR) is 123 cm³/mol. The van der Waals surface area contributed by atoms with Crippen LogP contribution in [0.25, 0.3) is 5.69 Å². The summed E-state index contributed by atoms with van der Waals surface area (Å²) >= 11 is 0. The Kier molecular flexibility index (Phi) is 7.12. The number of benzene rings is 2. The van der Waals surface area contributed by atoms with Gasteiger partial charge in [-0.2, -0.15) is 0 Å². The van der Waals surface area contributed by atoms with E-state index in [-0.39, 0.29) is 5.69 Å². The highest BCUT2D eigenvalue weighted by Gasteiger charge is 2.26. The van der Waals surface area contributed by atoms with Crippen LogP contribution in [0.2, 0.25) is 0 Å². The highest BCUT2D eigenvalue weighted by Crippen LogP contribution is 2.14. The zero-order valence-electron chi connectivity index (χ0n) is 18.9. The van der Waals surface area contributed by atoms with E-state index in [1.807, 2.05) is 18.2 Å². The molecule has 1 aromatic heterocycles. The van der Waals surface area contributed by atoms with Crippen molar-refractivity contribution in [1.29, 1.82) is 0 Å². The zero-order chi connectivity index (χ0) is 24.1. The number of aromatic nitrogens is 2. The molecule has 0 saturated carbocycles. The number of carbonyl (C=O) groups excluding carboxylic acids is 3. The first-order valence-corrected chi connectivity index (χ1v) is 10.4. The van der Waals surface area contributed by atoms with E-state index in [1.165, 1.54) is 18.5 Å². The van der Waals surface area contributed by atoms with E-state index in [0.29, 0.717) is 16.9 Å². The van der Waals surface area contributed by atoms with Crippen LogP contribution in [-0.4, -0.2) is 39.3 Å². The molecule has 0 aliphatic heterocycles. The van der Waals surface area contributed by atoms with Gasteiger partial charge < -0.3 is 15.4 Å². The molecule has 0 aliphatic carbocycles. The van der Waals surface area contributed by atoms with Crippen molar-refractivity contribution in [2.75, 3.05) is 5.32 Å². The SMILES string of the molecule is Cc1c(NC(=O)[C@@H](C)OC(=O)[C@H](C)NC(=O)c2ccccc2)c(=O)n(-c2ccccc2)n1C. The number of anilines is 1. The molecule has 0 bridgehead atoms. The molecule has 2 aromatic carbocycles. The van der Waals surface area contributed by atoms with Gasteiger partial charge in [-0.1, -0.05) is 36.4 Å². The van der Waals surface area contributed by atoms with Crippen LogP contribution in [-0.2, 0) is 21.4 Å². The van der Waals surface area contributed by atoms with Gasteiger partial charge in [-0.05, 0) is 45.0 Å². The minimum atomic E-state index is -1.18. The summed E-state index contributed by atoms with van der Waals surface area (Å²) in [7, 11) is 1.71. The third-order valence-corrected chi connectivity index (χ3v) is 5.20. The number of nitrogens with zero attached hydrogens (tertiary/aromatic N) is 2. The van der Waals surface area contributed by atoms with Crippen LogP contribution >= 0.6 is 0 Å². The molecule has 0 spiro atoms. The second-order valence-corrected chi connectivity index (χ2v) is 7.57. The van der Waals surface area contributed by atoms with Gasteiger partial charge >= 0.3 is 5.97 Å². The van der Waals surface area contributed by atoms with Crippen LogP contribution in [0.15, 0.2) is 65.5 Å². The molecule has 3 rings (SSSR count). The molecule has 3 aromatic rings. The number of esters is 1. The molecular weight excluding hydrogens is 424 g/mol. The number of carbonyl (C=O) groups is 3. The first-order chi connectivity index (χ1) is 15.7. The lowest BCUT2D eigenvalue weighted by molar-refractivity contribution is -0.154. The Bertz CT molecular complexity index is 1210. The Morgan fingerprint density at radius 3 is 2.12 bits per heavy atom. The summed E-state index contributed by atoms with van der Waals surface area (Å²) in [6.45, 7) is 4.56. The number of hydrogen-bond acceptors (Lipinski definition) is 5. The molecule has 2 atom stereocenters. The maximum atomic E-state index is 12.9. The fourth-order valence-electron chi connectivity index (χ4n) is 3.20. The molecule has 0 fully saturated rings. The summed E-state index contributed by atoms with van der Waals surface area (Å²) in [5.74, 6) is -1.86. The molecule has 0 unspecified atom stereocenters. The quantitative estimate of drug-likeness (QED) is 0.536. The van der Waals surface area contributed by atoms with Crippen molar-refractivity contribution in [3.8, 4) is 5.69 Å². The molecule has 9 heteroatoms. The van der Waals surface area contributed by atoms with E-state index >= 15 is 0 Å². The van der Waals surface area contributed by atoms with Crippen LogP contribution < -0.4 is 16.2 Å². The molecule has 1 heterocycles. The second kappa shape index (κ2) is 9.99. The van der Waals surface area contributed by atoms with E-state index in [0.717, 1.165) is 0 Å². The van der Waals surface area contributed by atoms with Gasteiger partial charge in [0.25, 0.3) is 17.4 Å². The summed E-state index contributed by atoms with van der Waals surface area (Å²) in [6, 6.07) is 16.5. The minimum Gasteiger partial charge on any atom is -0.451 e. The highest BCUT2D eigenvalue weighted by molar-refractivity contribution is 5.98. The van der Waals surface area contributed by atoms with E-state index in [1.54, 1.807) is 61.1 Å². The van der Waals surface area contributed by atoms with Crippen molar-refractivity contribution < 1.29 is 19.1 Å². The lowest BCUT2D eigenvalue weighted by Crippen LogP contribution is -2.42. The summed E-state index contributed by atoms with van der Waals surface area (Å²) in [5, 5.41) is 5.10. The van der Waals surface area contributed by atoms with Crippen molar-refractivity contribution in [2.45, 2.75) is 32.9 Å². The smallest absolute Gasteiger partial charge is 0.329 e. The van der Waals surface area contributed by atoms with Gasteiger partial charge in [-0.3, -0.25) is 19.1 Å². The molecule has 33 heavy (non-hydrogen) atoms. The fraction of sp³-hybridized carbons (Fsp3) is 0.250. The summed E-state index contributed by atoms with van der Waals surface area (Å²) in [4.78, 5) is 50.1. The minimum absolute atomic E-state index is 0.0969. The van der Waals surface area contributed by atoms with Crippen molar-refractivity contribution in [3.63, 3.8) is 0 Å². The number of ether oxygens (including phenoxy) is 1. The average Bonchev–Trinajstić information content (AvgIpc) is 3.02. The average molecular weight is 450 g/mol. The van der Waals surface area contributed by atoms with Gasteiger partial charge in [0, 0.05) is 12.6 Å². The van der Waals surface area contributed by atoms with Crippen LogP contribution in [0.3, 0.4) is 0 Å². The number of hydrogen-bond donors (Lipinski definition) is 2. The third kappa shape index (κ3) is 5.20. The van der Waals surface area contributed by atoms with E-state index < -0.39 is 35.5 Å². The molecule has 0 saturated heterocycles. The van der Waals surface area contributed by atoms with E-state index in [9.17, 15) is 19.2 Å². The maximum absolute atomic E-state index is 12.9. The topological polar surface area (TPSA) is 111 Å². The highest BCUT2D eigenvalue weighted by atomic mass is 16.5. The van der Waals surface area contributed by atoms with Crippen molar-refractivity contribution >= 4 is 23.5 Å². The van der Waals surface area contributed by atoms with Crippen molar-refractivity contribution in [2.24, 2.45) is 7.05 Å². The number of para-hydroxylation sites is 1. The first kappa shape index (κ1) is 23.5. The van der Waals surface area contributed by atoms with Gasteiger partial charge in [0.1, 0.15) is 11.7 Å². The predicted octanol–water partition coefficient (Wildman–Crippen LogP) is 2.17. The van der Waals surface area contributed by atoms with E-state index in [2.05, 4.69) is 10.6 Å². The van der Waals surface area contributed by atoms with Crippen molar-refractivity contribution in [3.05, 3.63) is 82.3 Å². The Morgan fingerprint density at radius 1 is 0.939 bits per heavy atom. The Morgan fingerprint density at radius 2 is 1.52 bits per heavy atom. The third-order valence-electron chi connectivity index (χ3n) is 5.20. The number of nitrogens with one attached hydrogen (secondary N) is 2. The molecule has 0 radical (unpaired) electrons. The summed E-state index contributed by atoms with van der Waals surface area (Å²) in [5.41, 5.74) is 1.28. The Labute approximate surface area is 191 Å².